The van der Waals surface area contributed by atoms with Crippen LogP contribution in [0.4, 0.5) is 11.5 Å². The summed E-state index contributed by atoms with van der Waals surface area (Å²) in [5, 5.41) is 0. The van der Waals surface area contributed by atoms with E-state index < -0.39 is 0 Å². The molecule has 1 amide bonds. The van der Waals surface area contributed by atoms with Crippen molar-refractivity contribution in [3.63, 3.8) is 0 Å². The normalized spacial score (nSPS) is 15.6. The van der Waals surface area contributed by atoms with Crippen LogP contribution in [0.2, 0.25) is 0 Å². The quantitative estimate of drug-likeness (QED) is 0.803. The zero-order chi connectivity index (χ0) is 17.4. The molecule has 1 aromatic carbocycles. The zero-order valence-corrected chi connectivity index (χ0v) is 14.1. The van der Waals surface area contributed by atoms with E-state index in [9.17, 15) is 9.59 Å². The number of hydrogen-bond donors (Lipinski definition) is 0. The summed E-state index contributed by atoms with van der Waals surface area (Å²) < 4.78 is 5.65. The number of amides is 1. The van der Waals surface area contributed by atoms with Crippen LogP contribution in [-0.2, 0) is 6.54 Å². The lowest BCUT2D eigenvalue weighted by Crippen LogP contribution is -2.29. The number of aromatic nitrogens is 1. The molecule has 2 aromatic rings. The van der Waals surface area contributed by atoms with Crippen molar-refractivity contribution in [1.29, 1.82) is 0 Å². The van der Waals surface area contributed by atoms with E-state index in [4.69, 9.17) is 4.74 Å². The van der Waals surface area contributed by atoms with Gasteiger partial charge in [0.25, 0.3) is 5.91 Å². The minimum atomic E-state index is 0.111. The summed E-state index contributed by atoms with van der Waals surface area (Å²) in [5.74, 6) is 1.42. The highest BCUT2D eigenvalue weighted by atomic mass is 16.5. The molecule has 0 fully saturated rings. The van der Waals surface area contributed by atoms with Crippen LogP contribution in [0.5, 0.6) is 5.75 Å². The highest BCUT2D eigenvalue weighted by Gasteiger charge is 2.28. The van der Waals surface area contributed by atoms with Gasteiger partial charge in [-0.1, -0.05) is 6.92 Å². The van der Waals surface area contributed by atoms with Crippen LogP contribution in [0.15, 0.2) is 30.5 Å². The van der Waals surface area contributed by atoms with Crippen LogP contribution in [0.1, 0.15) is 39.6 Å². The molecular weight excluding hydrogens is 318 g/mol. The Hall–Kier alpha value is -2.89. The van der Waals surface area contributed by atoms with Crippen molar-refractivity contribution in [2.24, 2.45) is 0 Å². The fraction of sp³-hybridized carbons (Fsp3) is 0.316. The third-order valence-electron chi connectivity index (χ3n) is 4.59. The Labute approximate surface area is 146 Å². The van der Waals surface area contributed by atoms with Gasteiger partial charge in [-0.25, -0.2) is 4.98 Å². The van der Waals surface area contributed by atoms with Gasteiger partial charge in [-0.3, -0.25) is 9.59 Å². The topological polar surface area (TPSA) is 62.7 Å². The van der Waals surface area contributed by atoms with E-state index in [1.807, 2.05) is 17.0 Å². The summed E-state index contributed by atoms with van der Waals surface area (Å²) in [6, 6.07) is 7.63. The molecule has 0 aliphatic carbocycles. The first kappa shape index (κ1) is 15.6. The molecule has 0 radical (unpaired) electrons. The minimum Gasteiger partial charge on any atom is -0.488 e. The number of fused-ring (bicyclic) bond motifs is 2. The van der Waals surface area contributed by atoms with Crippen molar-refractivity contribution in [3.05, 3.63) is 47.2 Å². The van der Waals surface area contributed by atoms with Crippen LogP contribution in [0.25, 0.3) is 0 Å². The molecule has 6 nitrogen and oxygen atoms in total. The van der Waals surface area contributed by atoms with Crippen LogP contribution in [-0.4, -0.2) is 41.8 Å². The average molecular weight is 337 g/mol. The average Bonchev–Trinajstić information content (AvgIpc) is 2.96. The third kappa shape index (κ3) is 2.63. The first-order chi connectivity index (χ1) is 12.2. The number of ether oxygens (including phenoxy) is 1. The molecule has 128 valence electrons. The molecule has 0 unspecified atom stereocenters. The van der Waals surface area contributed by atoms with Gasteiger partial charge in [0.2, 0.25) is 0 Å². The Morgan fingerprint density at radius 1 is 1.32 bits per heavy atom. The summed E-state index contributed by atoms with van der Waals surface area (Å²) in [7, 11) is 0. The van der Waals surface area contributed by atoms with Gasteiger partial charge in [0.05, 0.1) is 6.54 Å². The summed E-state index contributed by atoms with van der Waals surface area (Å²) in [4.78, 5) is 31.7. The van der Waals surface area contributed by atoms with Crippen molar-refractivity contribution in [2.75, 3.05) is 24.6 Å². The number of pyridine rings is 1. The first-order valence-electron chi connectivity index (χ1n) is 8.49. The smallest absolute Gasteiger partial charge is 0.254 e. The second kappa shape index (κ2) is 6.20. The largest absolute Gasteiger partial charge is 0.488 e. The highest BCUT2D eigenvalue weighted by molar-refractivity contribution is 5.99. The van der Waals surface area contributed by atoms with E-state index in [0.717, 1.165) is 36.1 Å². The van der Waals surface area contributed by atoms with E-state index in [1.54, 1.807) is 12.3 Å². The van der Waals surface area contributed by atoms with Gasteiger partial charge in [0.15, 0.2) is 17.9 Å². The molecule has 2 aliphatic heterocycles. The van der Waals surface area contributed by atoms with Crippen molar-refractivity contribution >= 4 is 23.7 Å². The number of rotatable bonds is 4. The van der Waals surface area contributed by atoms with E-state index in [0.29, 0.717) is 36.8 Å². The third-order valence-corrected chi connectivity index (χ3v) is 4.59. The molecule has 0 saturated heterocycles. The Balaban J connectivity index is 1.68. The zero-order valence-electron chi connectivity index (χ0n) is 14.1. The second-order valence-corrected chi connectivity index (χ2v) is 6.28. The summed E-state index contributed by atoms with van der Waals surface area (Å²) in [6.45, 7) is 4.70. The molecule has 0 bridgehead atoms. The Kier molecular flexibility index (Phi) is 3.87. The van der Waals surface area contributed by atoms with Crippen molar-refractivity contribution < 1.29 is 14.3 Å². The molecule has 0 atom stereocenters. The van der Waals surface area contributed by atoms with Gasteiger partial charge < -0.3 is 14.5 Å². The van der Waals surface area contributed by atoms with E-state index in [-0.39, 0.29) is 5.91 Å². The molecular formula is C19H19N3O3. The molecule has 6 heteroatoms. The van der Waals surface area contributed by atoms with Gasteiger partial charge >= 0.3 is 0 Å². The number of carbonyl (C=O) groups excluding carboxylic acids is 2. The first-order valence-corrected chi connectivity index (χ1v) is 8.49. The second-order valence-electron chi connectivity index (χ2n) is 6.28. The van der Waals surface area contributed by atoms with Gasteiger partial charge in [-0.15, -0.1) is 0 Å². The maximum atomic E-state index is 12.4. The maximum Gasteiger partial charge on any atom is 0.254 e. The van der Waals surface area contributed by atoms with Crippen LogP contribution in [0.3, 0.4) is 0 Å². The number of nitrogens with zero attached hydrogens (tertiary/aromatic N) is 3. The summed E-state index contributed by atoms with van der Waals surface area (Å²) in [6.07, 6.45) is 3.26. The predicted octanol–water partition coefficient (Wildman–Crippen LogP) is 2.79. The number of anilines is 2. The van der Waals surface area contributed by atoms with Crippen molar-refractivity contribution in [2.45, 2.75) is 19.9 Å². The van der Waals surface area contributed by atoms with E-state index >= 15 is 0 Å². The predicted molar refractivity (Wildman–Crippen MR) is 93.6 cm³/mol. The molecule has 25 heavy (non-hydrogen) atoms. The monoisotopic (exact) mass is 337 g/mol. The van der Waals surface area contributed by atoms with Gasteiger partial charge in [0.1, 0.15) is 6.61 Å². The lowest BCUT2D eigenvalue weighted by Gasteiger charge is -2.30. The lowest BCUT2D eigenvalue weighted by atomic mass is 10.1. The molecule has 2 aliphatic rings. The summed E-state index contributed by atoms with van der Waals surface area (Å²) >= 11 is 0. The number of benzene rings is 1. The van der Waals surface area contributed by atoms with Gasteiger partial charge in [-0.05, 0) is 36.2 Å². The molecule has 4 rings (SSSR count). The molecule has 0 saturated carbocycles. The molecule has 3 heterocycles. The van der Waals surface area contributed by atoms with E-state index in [2.05, 4.69) is 22.9 Å². The van der Waals surface area contributed by atoms with Crippen LogP contribution >= 0.6 is 0 Å². The Morgan fingerprint density at radius 2 is 2.20 bits per heavy atom. The lowest BCUT2D eigenvalue weighted by molar-refractivity contribution is 0.0778. The fourth-order valence-electron chi connectivity index (χ4n) is 3.42. The molecule has 0 N–H and O–H groups in total. The van der Waals surface area contributed by atoms with Crippen molar-refractivity contribution in [1.82, 2.24) is 9.88 Å². The SMILES string of the molecule is CCCN1Cc2cc(N3CCOc4cc(C=O)cnc43)ccc2C1=O. The van der Waals surface area contributed by atoms with Crippen LogP contribution in [0, 0.1) is 0 Å². The van der Waals surface area contributed by atoms with Gasteiger partial charge in [-0.2, -0.15) is 0 Å². The number of carbonyl (C=O) groups is 2. The Bertz CT molecular complexity index is 850. The number of aldehydes is 1. The number of hydrogen-bond acceptors (Lipinski definition) is 5. The standard InChI is InChI=1S/C19H19N3O3/c1-2-5-21-11-14-9-15(3-4-16(14)19(21)24)22-6-7-25-17-8-13(12-23)10-20-18(17)22/h3-4,8-10,12H,2,5-7,11H2,1H3. The van der Waals surface area contributed by atoms with E-state index in [1.165, 1.54) is 0 Å². The van der Waals surface area contributed by atoms with Crippen molar-refractivity contribution in [3.8, 4) is 5.75 Å². The Morgan fingerprint density at radius 3 is 3.00 bits per heavy atom. The van der Waals surface area contributed by atoms with Gasteiger partial charge in [0, 0.05) is 36.1 Å². The maximum absolute atomic E-state index is 12.4. The minimum absolute atomic E-state index is 0.111. The molecule has 1 aromatic heterocycles. The van der Waals surface area contributed by atoms with Crippen LogP contribution < -0.4 is 9.64 Å². The highest BCUT2D eigenvalue weighted by Crippen LogP contribution is 2.36. The fourth-order valence-corrected chi connectivity index (χ4v) is 3.42. The summed E-state index contributed by atoms with van der Waals surface area (Å²) in [5.41, 5.74) is 3.32. The molecule has 0 spiro atoms.